The summed E-state index contributed by atoms with van der Waals surface area (Å²) in [5.41, 5.74) is 1.43. The lowest BCUT2D eigenvalue weighted by molar-refractivity contribution is 0.0527. The van der Waals surface area contributed by atoms with Gasteiger partial charge in [-0.3, -0.25) is 0 Å². The van der Waals surface area contributed by atoms with Gasteiger partial charge in [-0.2, -0.15) is 0 Å². The van der Waals surface area contributed by atoms with Gasteiger partial charge in [0, 0.05) is 23.7 Å². The Labute approximate surface area is 175 Å². The quantitative estimate of drug-likeness (QED) is 0.659. The maximum atomic E-state index is 12.3. The molecule has 2 aromatic rings. The summed E-state index contributed by atoms with van der Waals surface area (Å²) in [4.78, 5) is 29.7. The molecule has 0 radical (unpaired) electrons. The van der Waals surface area contributed by atoms with Crippen LogP contribution in [0, 0.1) is 0 Å². The molecule has 1 amide bonds. The first-order valence-electron chi connectivity index (χ1n) is 10.2. The van der Waals surface area contributed by atoms with Crippen LogP contribution in [0.1, 0.15) is 67.7 Å². The molecule has 1 aliphatic rings. The molecule has 1 aromatic carbocycles. The van der Waals surface area contributed by atoms with Crippen molar-refractivity contribution in [2.45, 2.75) is 64.5 Å². The van der Waals surface area contributed by atoms with E-state index in [0.29, 0.717) is 18.1 Å². The molecular weight excluding hydrogens is 388 g/mol. The summed E-state index contributed by atoms with van der Waals surface area (Å²) in [7, 11) is 0. The number of benzene rings is 1. The molecule has 1 aliphatic carbocycles. The van der Waals surface area contributed by atoms with Crippen LogP contribution in [0.3, 0.4) is 0 Å². The van der Waals surface area contributed by atoms with E-state index in [-0.39, 0.29) is 24.2 Å². The number of amides is 1. The molecule has 1 fully saturated rings. The molecule has 7 heteroatoms. The fraction of sp³-hybridized carbons (Fsp3) is 0.500. The zero-order chi connectivity index (χ0) is 20.8. The molecule has 3 rings (SSSR count). The summed E-state index contributed by atoms with van der Waals surface area (Å²) in [6.07, 6.45) is 5.16. The SMILES string of the molecule is CCOC(=O)c1ccccc1-c1cnc(C2CCC(NC(=O)OC(C)C)CC2)s1. The zero-order valence-electron chi connectivity index (χ0n) is 17.1. The van der Waals surface area contributed by atoms with Gasteiger partial charge in [-0.15, -0.1) is 11.3 Å². The Balaban J connectivity index is 1.63. The Morgan fingerprint density at radius 3 is 2.62 bits per heavy atom. The van der Waals surface area contributed by atoms with Gasteiger partial charge in [0.05, 0.1) is 28.2 Å². The number of rotatable bonds is 6. The lowest BCUT2D eigenvalue weighted by Crippen LogP contribution is -2.38. The van der Waals surface area contributed by atoms with Crippen molar-refractivity contribution in [3.05, 3.63) is 41.0 Å². The number of hydrogen-bond donors (Lipinski definition) is 1. The van der Waals surface area contributed by atoms with Crippen molar-refractivity contribution in [1.82, 2.24) is 10.3 Å². The predicted molar refractivity (Wildman–Crippen MR) is 113 cm³/mol. The monoisotopic (exact) mass is 416 g/mol. The van der Waals surface area contributed by atoms with Gasteiger partial charge in [0.1, 0.15) is 0 Å². The van der Waals surface area contributed by atoms with Gasteiger partial charge in [-0.05, 0) is 52.5 Å². The van der Waals surface area contributed by atoms with E-state index in [9.17, 15) is 9.59 Å². The number of esters is 1. The molecule has 1 N–H and O–H groups in total. The lowest BCUT2D eigenvalue weighted by atomic mass is 9.86. The van der Waals surface area contributed by atoms with Crippen molar-refractivity contribution in [2.24, 2.45) is 0 Å². The second kappa shape index (κ2) is 9.87. The van der Waals surface area contributed by atoms with Crippen LogP contribution in [0.25, 0.3) is 10.4 Å². The third-order valence-electron chi connectivity index (χ3n) is 4.95. The van der Waals surface area contributed by atoms with Gasteiger partial charge in [0.2, 0.25) is 0 Å². The normalized spacial score (nSPS) is 19.0. The van der Waals surface area contributed by atoms with E-state index in [4.69, 9.17) is 9.47 Å². The van der Waals surface area contributed by atoms with E-state index in [1.54, 1.807) is 24.3 Å². The third-order valence-corrected chi connectivity index (χ3v) is 6.15. The standard InChI is InChI=1S/C22H28N2O4S/c1-4-27-21(25)18-8-6-5-7-17(18)19-13-23-20(29-19)15-9-11-16(12-10-15)24-22(26)28-14(2)3/h5-8,13-16H,4,9-12H2,1-3H3,(H,24,26). The number of aromatic nitrogens is 1. The maximum absolute atomic E-state index is 12.3. The first-order valence-corrected chi connectivity index (χ1v) is 11.0. The Bertz CT molecular complexity index is 841. The number of ether oxygens (including phenoxy) is 2. The van der Waals surface area contributed by atoms with Crippen molar-refractivity contribution in [3.8, 4) is 10.4 Å². The van der Waals surface area contributed by atoms with Crippen LogP contribution in [-0.2, 0) is 9.47 Å². The third kappa shape index (κ3) is 5.56. The summed E-state index contributed by atoms with van der Waals surface area (Å²) in [5, 5.41) is 4.04. The molecule has 1 saturated carbocycles. The van der Waals surface area contributed by atoms with Gasteiger partial charge in [-0.1, -0.05) is 18.2 Å². The Hall–Kier alpha value is -2.41. The van der Waals surface area contributed by atoms with Gasteiger partial charge >= 0.3 is 12.1 Å². The van der Waals surface area contributed by atoms with Crippen LogP contribution < -0.4 is 5.32 Å². The average Bonchev–Trinajstić information content (AvgIpc) is 3.18. The van der Waals surface area contributed by atoms with E-state index in [2.05, 4.69) is 10.3 Å². The molecular formula is C22H28N2O4S. The fourth-order valence-corrected chi connectivity index (χ4v) is 4.71. The fourth-order valence-electron chi connectivity index (χ4n) is 3.59. The van der Waals surface area contributed by atoms with Crippen LogP contribution in [-0.4, -0.2) is 35.8 Å². The van der Waals surface area contributed by atoms with Gasteiger partial charge in [0.15, 0.2) is 0 Å². The maximum Gasteiger partial charge on any atom is 0.407 e. The van der Waals surface area contributed by atoms with Crippen molar-refractivity contribution in [2.75, 3.05) is 6.61 Å². The van der Waals surface area contributed by atoms with Gasteiger partial charge < -0.3 is 14.8 Å². The van der Waals surface area contributed by atoms with Crippen LogP contribution >= 0.6 is 11.3 Å². The average molecular weight is 417 g/mol. The minimum atomic E-state index is -0.337. The van der Waals surface area contributed by atoms with E-state index in [0.717, 1.165) is 41.1 Å². The largest absolute Gasteiger partial charge is 0.462 e. The molecule has 1 aromatic heterocycles. The van der Waals surface area contributed by atoms with Gasteiger partial charge in [0.25, 0.3) is 0 Å². The van der Waals surface area contributed by atoms with E-state index in [1.807, 2.05) is 38.2 Å². The highest BCUT2D eigenvalue weighted by Gasteiger charge is 2.26. The summed E-state index contributed by atoms with van der Waals surface area (Å²) < 4.78 is 10.3. The molecule has 0 bridgehead atoms. The molecule has 0 unspecified atom stereocenters. The number of hydrogen-bond acceptors (Lipinski definition) is 6. The van der Waals surface area contributed by atoms with E-state index < -0.39 is 0 Å². The van der Waals surface area contributed by atoms with Crippen molar-refractivity contribution in [1.29, 1.82) is 0 Å². The van der Waals surface area contributed by atoms with Gasteiger partial charge in [-0.25, -0.2) is 14.6 Å². The second-order valence-electron chi connectivity index (χ2n) is 7.48. The topological polar surface area (TPSA) is 77.5 Å². The van der Waals surface area contributed by atoms with E-state index >= 15 is 0 Å². The highest BCUT2D eigenvalue weighted by molar-refractivity contribution is 7.15. The Morgan fingerprint density at radius 2 is 1.93 bits per heavy atom. The summed E-state index contributed by atoms with van der Waals surface area (Å²) in [6.45, 7) is 5.84. The number of carbonyl (C=O) groups excluding carboxylic acids is 2. The molecule has 0 spiro atoms. The summed E-state index contributed by atoms with van der Waals surface area (Å²) in [6, 6.07) is 7.65. The molecule has 0 atom stereocenters. The highest BCUT2D eigenvalue weighted by atomic mass is 32.1. The molecule has 156 valence electrons. The van der Waals surface area contributed by atoms with Crippen LogP contribution in [0.2, 0.25) is 0 Å². The first-order chi connectivity index (χ1) is 14.0. The number of nitrogens with one attached hydrogen (secondary N) is 1. The van der Waals surface area contributed by atoms with Crippen molar-refractivity contribution < 1.29 is 19.1 Å². The smallest absolute Gasteiger partial charge is 0.407 e. The number of thiazole rings is 1. The highest BCUT2D eigenvalue weighted by Crippen LogP contribution is 2.38. The lowest BCUT2D eigenvalue weighted by Gasteiger charge is -2.28. The number of nitrogens with zero attached hydrogens (tertiary/aromatic N) is 1. The first kappa shape index (κ1) is 21.3. The Kier molecular flexibility index (Phi) is 7.25. The molecule has 0 saturated heterocycles. The summed E-state index contributed by atoms with van der Waals surface area (Å²) in [5.74, 6) is 0.0700. The van der Waals surface area contributed by atoms with Crippen LogP contribution in [0.15, 0.2) is 30.5 Å². The second-order valence-corrected chi connectivity index (χ2v) is 8.54. The molecule has 0 aliphatic heterocycles. The number of carbonyl (C=O) groups is 2. The minimum Gasteiger partial charge on any atom is -0.462 e. The minimum absolute atomic E-state index is 0.113. The molecule has 6 nitrogen and oxygen atoms in total. The Morgan fingerprint density at radius 1 is 1.21 bits per heavy atom. The van der Waals surface area contributed by atoms with Crippen molar-refractivity contribution in [3.63, 3.8) is 0 Å². The van der Waals surface area contributed by atoms with Crippen molar-refractivity contribution >= 4 is 23.4 Å². The van der Waals surface area contributed by atoms with Crippen LogP contribution in [0.5, 0.6) is 0 Å². The molecule has 29 heavy (non-hydrogen) atoms. The number of alkyl carbamates (subject to hydrolysis) is 1. The molecule has 1 heterocycles. The van der Waals surface area contributed by atoms with Crippen LogP contribution in [0.4, 0.5) is 4.79 Å². The zero-order valence-corrected chi connectivity index (χ0v) is 18.0. The predicted octanol–water partition coefficient (Wildman–Crippen LogP) is 5.15. The summed E-state index contributed by atoms with van der Waals surface area (Å²) >= 11 is 1.63. The van der Waals surface area contributed by atoms with E-state index in [1.165, 1.54) is 0 Å².